The maximum Gasteiger partial charge on any atom is 0.184 e. The molecule has 2 aromatic heterocycles. The first-order valence-electron chi connectivity index (χ1n) is 11.9. The summed E-state index contributed by atoms with van der Waals surface area (Å²) in [5, 5.41) is 0. The fraction of sp³-hybridized carbons (Fsp3) is 0. The zero-order chi connectivity index (χ0) is 24.9. The molecule has 0 aliphatic heterocycles. The summed E-state index contributed by atoms with van der Waals surface area (Å²) in [6, 6.07) is 40.0. The van der Waals surface area contributed by atoms with Crippen molar-refractivity contribution >= 4 is 17.2 Å². The molecular weight excluding hydrogens is 456 g/mol. The number of hydrogen-bond donors (Lipinski definition) is 0. The Kier molecular flexibility index (Phi) is 6.12. The summed E-state index contributed by atoms with van der Waals surface area (Å²) in [6.45, 7) is 0. The van der Waals surface area contributed by atoms with Crippen molar-refractivity contribution in [3.8, 4) is 34.3 Å². The maximum absolute atomic E-state index is 4.78. The lowest BCUT2D eigenvalue weighted by Gasteiger charge is -2.23. The van der Waals surface area contributed by atoms with Crippen LogP contribution < -0.4 is 4.90 Å². The van der Waals surface area contributed by atoms with Crippen LogP contribution in [0, 0.1) is 0 Å². The van der Waals surface area contributed by atoms with Crippen LogP contribution in [-0.4, -0.2) is 24.9 Å². The zero-order valence-electron chi connectivity index (χ0n) is 19.9. The van der Waals surface area contributed by atoms with Crippen LogP contribution in [0.15, 0.2) is 134 Å². The van der Waals surface area contributed by atoms with Crippen LogP contribution in [0.1, 0.15) is 0 Å². The minimum Gasteiger partial charge on any atom is -0.294 e. The van der Waals surface area contributed by atoms with Gasteiger partial charge in [-0.25, -0.2) is 24.9 Å². The predicted molar refractivity (Wildman–Crippen MR) is 146 cm³/mol. The largest absolute Gasteiger partial charge is 0.294 e. The molecule has 0 fully saturated rings. The van der Waals surface area contributed by atoms with Crippen molar-refractivity contribution in [1.29, 1.82) is 0 Å². The van der Waals surface area contributed by atoms with Gasteiger partial charge in [0.05, 0.1) is 12.4 Å². The van der Waals surface area contributed by atoms with Crippen molar-refractivity contribution in [1.82, 2.24) is 24.9 Å². The second kappa shape index (κ2) is 10.2. The van der Waals surface area contributed by atoms with E-state index < -0.39 is 0 Å². The average Bonchev–Trinajstić information content (AvgIpc) is 2.99. The number of anilines is 3. The van der Waals surface area contributed by atoms with Crippen LogP contribution >= 0.6 is 0 Å². The number of para-hydroxylation sites is 2. The first kappa shape index (κ1) is 22.2. The zero-order valence-corrected chi connectivity index (χ0v) is 19.9. The third-order valence-corrected chi connectivity index (χ3v) is 5.82. The second-order valence-electron chi connectivity index (χ2n) is 8.30. The molecule has 0 bridgehead atoms. The van der Waals surface area contributed by atoms with Gasteiger partial charge in [0, 0.05) is 22.5 Å². The van der Waals surface area contributed by atoms with E-state index in [4.69, 9.17) is 24.9 Å². The highest BCUT2D eigenvalue weighted by molar-refractivity contribution is 5.74. The van der Waals surface area contributed by atoms with Crippen LogP contribution in [0.5, 0.6) is 0 Å². The van der Waals surface area contributed by atoms with Crippen molar-refractivity contribution in [2.75, 3.05) is 4.90 Å². The molecule has 0 saturated heterocycles. The van der Waals surface area contributed by atoms with Crippen molar-refractivity contribution < 1.29 is 0 Å². The van der Waals surface area contributed by atoms with Gasteiger partial charge in [-0.05, 0) is 24.3 Å². The molecule has 0 aliphatic rings. The lowest BCUT2D eigenvalue weighted by molar-refractivity contribution is 1.04. The first-order chi connectivity index (χ1) is 18.3. The molecule has 2 heterocycles. The molecule has 0 saturated carbocycles. The number of benzene rings is 4. The highest BCUT2D eigenvalue weighted by Gasteiger charge is 2.16. The van der Waals surface area contributed by atoms with Gasteiger partial charge in [-0.3, -0.25) is 4.90 Å². The monoisotopic (exact) mass is 478 g/mol. The molecule has 0 unspecified atom stereocenters. The molecule has 0 N–H and O–H groups in total. The molecule has 0 aliphatic carbocycles. The lowest BCUT2D eigenvalue weighted by atomic mass is 10.2. The van der Waals surface area contributed by atoms with Crippen molar-refractivity contribution in [3.05, 3.63) is 134 Å². The third kappa shape index (κ3) is 4.81. The Labute approximate surface area is 215 Å². The molecule has 4 aromatic carbocycles. The van der Waals surface area contributed by atoms with Gasteiger partial charge in [-0.2, -0.15) is 0 Å². The van der Waals surface area contributed by atoms with Gasteiger partial charge < -0.3 is 0 Å². The molecule has 0 radical (unpaired) electrons. The normalized spacial score (nSPS) is 10.7. The topological polar surface area (TPSA) is 67.7 Å². The highest BCUT2D eigenvalue weighted by atomic mass is 15.2. The highest BCUT2D eigenvalue weighted by Crippen LogP contribution is 2.33. The molecule has 6 rings (SSSR count). The number of hydrogen-bond acceptors (Lipinski definition) is 6. The SMILES string of the molecule is c1ccc(-c2nc(-c3ccccc3)nc(-c3cnc(N(c4ccccc4)c4ccccc4)cn3)n2)cc1. The van der Waals surface area contributed by atoms with Crippen LogP contribution in [-0.2, 0) is 0 Å². The Morgan fingerprint density at radius 3 is 1.27 bits per heavy atom. The molecule has 0 spiro atoms. The van der Waals surface area contributed by atoms with Gasteiger partial charge in [0.2, 0.25) is 0 Å². The summed E-state index contributed by atoms with van der Waals surface area (Å²) in [5.74, 6) is 2.34. The van der Waals surface area contributed by atoms with Crippen LogP contribution in [0.4, 0.5) is 17.2 Å². The molecule has 0 atom stereocenters. The van der Waals surface area contributed by atoms with E-state index in [1.807, 2.05) is 121 Å². The van der Waals surface area contributed by atoms with Crippen molar-refractivity contribution in [2.24, 2.45) is 0 Å². The Bertz CT molecular complexity index is 1490. The summed E-state index contributed by atoms with van der Waals surface area (Å²) in [5.41, 5.74) is 4.38. The van der Waals surface area contributed by atoms with Crippen LogP contribution in [0.25, 0.3) is 34.3 Å². The summed E-state index contributed by atoms with van der Waals surface area (Å²) in [4.78, 5) is 25.8. The predicted octanol–water partition coefficient (Wildman–Crippen LogP) is 7.13. The standard InChI is InChI=1S/C31H22N6/c1-5-13-23(14-6-1)29-34-30(24-15-7-2-8-16-24)36-31(35-29)27-21-33-28(22-32-27)37(25-17-9-3-10-18-25)26-19-11-4-12-20-26/h1-22H. The van der Waals surface area contributed by atoms with Crippen molar-refractivity contribution in [2.45, 2.75) is 0 Å². The van der Waals surface area contributed by atoms with Crippen LogP contribution in [0.3, 0.4) is 0 Å². The Morgan fingerprint density at radius 1 is 0.405 bits per heavy atom. The van der Waals surface area contributed by atoms with Gasteiger partial charge in [-0.1, -0.05) is 97.1 Å². The van der Waals surface area contributed by atoms with E-state index >= 15 is 0 Å². The second-order valence-corrected chi connectivity index (χ2v) is 8.30. The summed E-state index contributed by atoms with van der Waals surface area (Å²) in [7, 11) is 0. The summed E-state index contributed by atoms with van der Waals surface area (Å²) in [6.07, 6.45) is 3.47. The maximum atomic E-state index is 4.78. The third-order valence-electron chi connectivity index (χ3n) is 5.82. The van der Waals surface area contributed by atoms with E-state index in [0.29, 0.717) is 29.0 Å². The van der Waals surface area contributed by atoms with Crippen LogP contribution in [0.2, 0.25) is 0 Å². The van der Waals surface area contributed by atoms with Gasteiger partial charge in [0.1, 0.15) is 5.69 Å². The minimum atomic E-state index is 0.470. The molecule has 6 nitrogen and oxygen atoms in total. The Balaban J connectivity index is 1.43. The van der Waals surface area contributed by atoms with Gasteiger partial charge in [0.15, 0.2) is 23.3 Å². The molecule has 0 amide bonds. The van der Waals surface area contributed by atoms with E-state index in [2.05, 4.69) is 4.90 Å². The fourth-order valence-electron chi connectivity index (χ4n) is 4.04. The molecule has 176 valence electrons. The number of nitrogens with zero attached hydrogens (tertiary/aromatic N) is 6. The van der Waals surface area contributed by atoms with Gasteiger partial charge in [0.25, 0.3) is 0 Å². The molecule has 6 aromatic rings. The molecular formula is C31H22N6. The fourth-order valence-corrected chi connectivity index (χ4v) is 4.04. The number of rotatable bonds is 6. The van der Waals surface area contributed by atoms with E-state index in [1.165, 1.54) is 0 Å². The Morgan fingerprint density at radius 2 is 0.838 bits per heavy atom. The van der Waals surface area contributed by atoms with Gasteiger partial charge in [-0.15, -0.1) is 0 Å². The summed E-state index contributed by atoms with van der Waals surface area (Å²) < 4.78 is 0. The smallest absolute Gasteiger partial charge is 0.184 e. The van der Waals surface area contributed by atoms with E-state index in [0.717, 1.165) is 22.5 Å². The van der Waals surface area contributed by atoms with Crippen molar-refractivity contribution in [3.63, 3.8) is 0 Å². The van der Waals surface area contributed by atoms with E-state index in [1.54, 1.807) is 12.4 Å². The van der Waals surface area contributed by atoms with E-state index in [9.17, 15) is 0 Å². The molecule has 6 heteroatoms. The van der Waals surface area contributed by atoms with Gasteiger partial charge >= 0.3 is 0 Å². The molecule has 37 heavy (non-hydrogen) atoms. The summed E-state index contributed by atoms with van der Waals surface area (Å²) >= 11 is 0. The van der Waals surface area contributed by atoms with E-state index in [-0.39, 0.29) is 0 Å². The number of aromatic nitrogens is 5. The lowest BCUT2D eigenvalue weighted by Crippen LogP contribution is -2.12. The quantitative estimate of drug-likeness (QED) is 0.254. The Hall–Kier alpha value is -5.23. The average molecular weight is 479 g/mol. The minimum absolute atomic E-state index is 0.470. The first-order valence-corrected chi connectivity index (χ1v) is 11.9.